The van der Waals surface area contributed by atoms with Crippen LogP contribution in [0.3, 0.4) is 0 Å². The summed E-state index contributed by atoms with van der Waals surface area (Å²) >= 11 is 6.51. The number of hydrogen-bond acceptors (Lipinski definition) is 1. The van der Waals surface area contributed by atoms with Gasteiger partial charge >= 0.3 is 0 Å². The molecule has 2 rings (SSSR count). The minimum Gasteiger partial charge on any atom is -0.348 e. The first-order valence-corrected chi connectivity index (χ1v) is 7.49. The zero-order chi connectivity index (χ0) is 13.7. The van der Waals surface area contributed by atoms with Crippen molar-refractivity contribution in [2.45, 2.75) is 13.0 Å². The number of rotatable bonds is 4. The molecule has 0 atom stereocenters. The Balaban J connectivity index is 1.97. The average molecular weight is 383 g/mol. The molecule has 2 aromatic rings. The molecule has 0 aliphatic rings. The maximum Gasteiger partial charge on any atom is 0.209 e. The maximum absolute atomic E-state index is 11.5. The summed E-state index contributed by atoms with van der Waals surface area (Å²) in [7, 11) is 0. The third-order valence-electron chi connectivity index (χ3n) is 2.67. The second-order valence-corrected chi connectivity index (χ2v) is 5.85. The smallest absolute Gasteiger partial charge is 0.209 e. The lowest BCUT2D eigenvalue weighted by atomic mass is 10.1. The van der Waals surface area contributed by atoms with E-state index in [0.717, 1.165) is 13.0 Å². The van der Waals surface area contributed by atoms with Crippen LogP contribution in [-0.4, -0.2) is 4.57 Å². The number of pyridine rings is 1. The topological polar surface area (TPSA) is 22.0 Å². The third kappa shape index (κ3) is 4.18. The van der Waals surface area contributed by atoms with E-state index in [1.54, 1.807) is 12.4 Å². The van der Waals surface area contributed by atoms with E-state index in [0.29, 0.717) is 8.95 Å². The van der Waals surface area contributed by atoms with Crippen LogP contribution < -0.4 is 5.43 Å². The third-order valence-corrected chi connectivity index (χ3v) is 3.80. The molecule has 0 aliphatic carbocycles. The van der Waals surface area contributed by atoms with Crippen molar-refractivity contribution in [3.8, 4) is 0 Å². The van der Waals surface area contributed by atoms with Crippen LogP contribution in [0.2, 0.25) is 0 Å². The quantitative estimate of drug-likeness (QED) is 0.727. The molecule has 0 unspecified atom stereocenters. The molecule has 4 heteroatoms. The van der Waals surface area contributed by atoms with Crippen LogP contribution in [0.5, 0.6) is 0 Å². The number of hydrogen-bond donors (Lipinski definition) is 0. The fraction of sp³-hybridized carbons (Fsp3) is 0.133. The molecule has 0 saturated heterocycles. The molecule has 2 nitrogen and oxygen atoms in total. The molecule has 0 radical (unpaired) electrons. The fourth-order valence-corrected chi connectivity index (χ4v) is 2.91. The van der Waals surface area contributed by atoms with Crippen LogP contribution in [0.4, 0.5) is 0 Å². The van der Waals surface area contributed by atoms with E-state index in [9.17, 15) is 4.79 Å². The van der Waals surface area contributed by atoms with Gasteiger partial charge in [-0.3, -0.25) is 4.79 Å². The maximum atomic E-state index is 11.5. The largest absolute Gasteiger partial charge is 0.348 e. The van der Waals surface area contributed by atoms with Gasteiger partial charge in [0.2, 0.25) is 5.43 Å². The average Bonchev–Trinajstić information content (AvgIpc) is 2.42. The van der Waals surface area contributed by atoms with Crippen molar-refractivity contribution in [3.63, 3.8) is 0 Å². The minimum absolute atomic E-state index is 0.0236. The predicted molar refractivity (Wildman–Crippen MR) is 85.4 cm³/mol. The highest BCUT2D eigenvalue weighted by Gasteiger charge is 2.01. The Morgan fingerprint density at radius 3 is 2.26 bits per heavy atom. The van der Waals surface area contributed by atoms with Gasteiger partial charge in [0.1, 0.15) is 0 Å². The zero-order valence-corrected chi connectivity index (χ0v) is 13.4. The normalized spacial score (nSPS) is 11.1. The Hall–Kier alpha value is -1.13. The first-order valence-electron chi connectivity index (χ1n) is 5.91. The lowest BCUT2D eigenvalue weighted by Crippen LogP contribution is -2.08. The van der Waals surface area contributed by atoms with Gasteiger partial charge in [-0.15, -0.1) is 0 Å². The second-order valence-electron chi connectivity index (χ2n) is 4.14. The molecule has 0 aliphatic heterocycles. The molecule has 0 spiro atoms. The SMILES string of the molecule is O=c1c(Br)cn(C/C=C/Cc2ccccc2)cc1Br. The van der Waals surface area contributed by atoms with Gasteiger partial charge in [0.25, 0.3) is 0 Å². The van der Waals surface area contributed by atoms with Gasteiger partial charge in [-0.2, -0.15) is 0 Å². The summed E-state index contributed by atoms with van der Waals surface area (Å²) in [4.78, 5) is 11.5. The van der Waals surface area contributed by atoms with E-state index in [2.05, 4.69) is 56.1 Å². The summed E-state index contributed by atoms with van der Waals surface area (Å²) in [6.45, 7) is 0.740. The Morgan fingerprint density at radius 2 is 1.63 bits per heavy atom. The highest BCUT2D eigenvalue weighted by Crippen LogP contribution is 2.10. The summed E-state index contributed by atoms with van der Waals surface area (Å²) in [6, 6.07) is 10.3. The standard InChI is InChI=1S/C15H13Br2NO/c16-13-10-18(11-14(17)15(13)19)9-5-4-8-12-6-2-1-3-7-12/h1-7,10-11H,8-9H2/b5-4+. The van der Waals surface area contributed by atoms with Crippen molar-refractivity contribution in [2.24, 2.45) is 0 Å². The minimum atomic E-state index is -0.0236. The van der Waals surface area contributed by atoms with Gasteiger partial charge in [-0.25, -0.2) is 0 Å². The molecule has 0 fully saturated rings. The van der Waals surface area contributed by atoms with Crippen molar-refractivity contribution in [1.29, 1.82) is 0 Å². The van der Waals surface area contributed by atoms with Gasteiger partial charge < -0.3 is 4.57 Å². The summed E-state index contributed by atoms with van der Waals surface area (Å²) < 4.78 is 3.09. The van der Waals surface area contributed by atoms with Gasteiger partial charge in [0, 0.05) is 18.9 Å². The van der Waals surface area contributed by atoms with Crippen LogP contribution in [0.15, 0.2) is 68.6 Å². The number of nitrogens with zero attached hydrogens (tertiary/aromatic N) is 1. The van der Waals surface area contributed by atoms with Gasteiger partial charge in [0.05, 0.1) is 8.95 Å². The van der Waals surface area contributed by atoms with E-state index < -0.39 is 0 Å². The zero-order valence-electron chi connectivity index (χ0n) is 10.2. The summed E-state index contributed by atoms with van der Waals surface area (Å²) in [5, 5.41) is 0. The van der Waals surface area contributed by atoms with Gasteiger partial charge in [-0.05, 0) is 43.8 Å². The van der Waals surface area contributed by atoms with Gasteiger partial charge in [0.15, 0.2) is 0 Å². The Labute approximate surface area is 129 Å². The second kappa shape index (κ2) is 6.87. The first kappa shape index (κ1) is 14.3. The van der Waals surface area contributed by atoms with E-state index >= 15 is 0 Å². The lowest BCUT2D eigenvalue weighted by molar-refractivity contribution is 0.800. The highest BCUT2D eigenvalue weighted by atomic mass is 79.9. The van der Waals surface area contributed by atoms with Crippen molar-refractivity contribution in [1.82, 2.24) is 4.57 Å². The van der Waals surface area contributed by atoms with Crippen molar-refractivity contribution in [3.05, 3.63) is 79.6 Å². The molecule has 98 valence electrons. The molecule has 0 N–H and O–H groups in total. The van der Waals surface area contributed by atoms with Crippen LogP contribution in [-0.2, 0) is 13.0 Å². The predicted octanol–water partition coefficient (Wildman–Crippen LogP) is 4.17. The Kier molecular flexibility index (Phi) is 5.16. The van der Waals surface area contributed by atoms with Crippen LogP contribution in [0.1, 0.15) is 5.56 Å². The molecule has 19 heavy (non-hydrogen) atoms. The van der Waals surface area contributed by atoms with Crippen molar-refractivity contribution >= 4 is 31.9 Å². The molecule has 0 amide bonds. The van der Waals surface area contributed by atoms with Crippen molar-refractivity contribution in [2.75, 3.05) is 0 Å². The molecule has 1 aromatic heterocycles. The van der Waals surface area contributed by atoms with Crippen molar-refractivity contribution < 1.29 is 0 Å². The monoisotopic (exact) mass is 381 g/mol. The number of benzene rings is 1. The van der Waals surface area contributed by atoms with E-state index in [1.165, 1.54) is 5.56 Å². The fourth-order valence-electron chi connectivity index (χ4n) is 1.69. The van der Waals surface area contributed by atoms with E-state index in [-0.39, 0.29) is 5.43 Å². The summed E-state index contributed by atoms with van der Waals surface area (Å²) in [6.07, 6.45) is 8.73. The molecule has 1 aromatic carbocycles. The summed E-state index contributed by atoms with van der Waals surface area (Å²) in [5.41, 5.74) is 1.27. The summed E-state index contributed by atoms with van der Waals surface area (Å²) in [5.74, 6) is 0. The number of aromatic nitrogens is 1. The van der Waals surface area contributed by atoms with E-state index in [1.807, 2.05) is 22.8 Å². The number of allylic oxidation sites excluding steroid dienone is 2. The Bertz CT molecular complexity index is 606. The van der Waals surface area contributed by atoms with E-state index in [4.69, 9.17) is 0 Å². The molecule has 1 heterocycles. The van der Waals surface area contributed by atoms with Crippen LogP contribution >= 0.6 is 31.9 Å². The Morgan fingerprint density at radius 1 is 1.00 bits per heavy atom. The first-order chi connectivity index (χ1) is 9.16. The molecule has 0 saturated carbocycles. The van der Waals surface area contributed by atoms with Crippen LogP contribution in [0, 0.1) is 0 Å². The molecular weight excluding hydrogens is 370 g/mol. The number of halogens is 2. The van der Waals surface area contributed by atoms with Crippen LogP contribution in [0.25, 0.3) is 0 Å². The molecular formula is C15H13Br2NO. The molecule has 0 bridgehead atoms. The lowest BCUT2D eigenvalue weighted by Gasteiger charge is -2.04. The van der Waals surface area contributed by atoms with Gasteiger partial charge in [-0.1, -0.05) is 42.5 Å². The highest BCUT2D eigenvalue weighted by molar-refractivity contribution is 9.11.